The Morgan fingerprint density at radius 1 is 1.43 bits per heavy atom. The molecule has 0 heterocycles. The van der Waals surface area contributed by atoms with Crippen molar-refractivity contribution in [2.75, 3.05) is 47.1 Å². The Bertz CT molecular complexity index is 179. The molecule has 1 atom stereocenters. The van der Waals surface area contributed by atoms with Crippen LogP contribution >= 0.6 is 8.15 Å². The summed E-state index contributed by atoms with van der Waals surface area (Å²) in [6.07, 6.45) is 0.460. The van der Waals surface area contributed by atoms with Crippen LogP contribution in [-0.2, 0) is 9.53 Å². The summed E-state index contributed by atoms with van der Waals surface area (Å²) in [7, 11) is 4.31. The number of rotatable bonds is 7. The molecule has 0 aliphatic heterocycles. The third kappa shape index (κ3) is 7.39. The van der Waals surface area contributed by atoms with Gasteiger partial charge in [0, 0.05) is 12.8 Å². The number of hydrogen-bond donors (Lipinski definition) is 1. The Labute approximate surface area is 87.3 Å². The molecule has 0 radical (unpaired) electrons. The van der Waals surface area contributed by atoms with Gasteiger partial charge in [-0.3, -0.25) is 4.79 Å². The van der Waals surface area contributed by atoms with E-state index in [0.29, 0.717) is 30.4 Å². The van der Waals surface area contributed by atoms with E-state index in [2.05, 4.69) is 0 Å². The number of carbonyl (C=O) groups excluding carboxylic acids is 1. The Morgan fingerprint density at radius 2 is 2.00 bits per heavy atom. The fraction of sp³-hybridized carbons (Fsp3) is 0.889. The first-order chi connectivity index (χ1) is 6.37. The molecule has 4 nitrogen and oxygen atoms in total. The molecule has 0 saturated heterocycles. The first-order valence-electron chi connectivity index (χ1n) is 4.74. The number of carbonyl (C=O) groups is 1. The first-order valence-corrected chi connectivity index (χ1v) is 6.22. The van der Waals surface area contributed by atoms with E-state index in [9.17, 15) is 9.69 Å². The molecule has 0 bridgehead atoms. The zero-order valence-electron chi connectivity index (χ0n) is 9.49. The molecule has 0 aliphatic carbocycles. The van der Waals surface area contributed by atoms with Gasteiger partial charge in [0.25, 0.3) is 0 Å². The maximum Gasteiger partial charge on any atom is 0.235 e. The van der Waals surface area contributed by atoms with Gasteiger partial charge in [0.15, 0.2) is 0 Å². The fourth-order valence-corrected chi connectivity index (χ4v) is 2.05. The molecule has 0 aromatic heterocycles. The van der Waals surface area contributed by atoms with Crippen molar-refractivity contribution in [1.29, 1.82) is 0 Å². The van der Waals surface area contributed by atoms with Crippen LogP contribution in [0.25, 0.3) is 0 Å². The van der Waals surface area contributed by atoms with Crippen molar-refractivity contribution in [2.45, 2.75) is 6.92 Å². The van der Waals surface area contributed by atoms with E-state index in [1.807, 2.05) is 28.1 Å². The zero-order valence-corrected chi connectivity index (χ0v) is 10.4. The normalized spacial score (nSPS) is 14.1. The number of likely N-dealkylation sites (N-methyl/N-ethyl adjacent to an activating group) is 1. The highest BCUT2D eigenvalue weighted by Gasteiger charge is 2.21. The van der Waals surface area contributed by atoms with Gasteiger partial charge in [-0.1, -0.05) is 0 Å². The highest BCUT2D eigenvalue weighted by molar-refractivity contribution is 7.69. The number of quaternary nitrogens is 1. The minimum atomic E-state index is -1.50. The number of nitrogens with zero attached hydrogens (tertiary/aromatic N) is 1. The molecule has 0 amide bonds. The summed E-state index contributed by atoms with van der Waals surface area (Å²) in [6, 6.07) is 0. The molecule has 14 heavy (non-hydrogen) atoms. The van der Waals surface area contributed by atoms with E-state index in [0.717, 1.165) is 0 Å². The van der Waals surface area contributed by atoms with Crippen LogP contribution in [0.5, 0.6) is 0 Å². The molecule has 1 N–H and O–H groups in total. The van der Waals surface area contributed by atoms with Crippen molar-refractivity contribution in [3.05, 3.63) is 0 Å². The van der Waals surface area contributed by atoms with Crippen LogP contribution in [0.2, 0.25) is 0 Å². The van der Waals surface area contributed by atoms with Gasteiger partial charge in [-0.25, -0.2) is 0 Å². The largest absolute Gasteiger partial charge is 0.381 e. The van der Waals surface area contributed by atoms with E-state index in [4.69, 9.17) is 4.74 Å². The monoisotopic (exact) mass is 222 g/mol. The average Bonchev–Trinajstić information content (AvgIpc) is 2.01. The minimum Gasteiger partial charge on any atom is -0.381 e. The standard InChI is InChI=1S/C9H21NO3P/c1-5-13-6-7-14(12)9(11)8-10(2,3)4/h12H,5-8H2,1-4H3/q+1. The van der Waals surface area contributed by atoms with Gasteiger partial charge < -0.3 is 14.1 Å². The van der Waals surface area contributed by atoms with Crippen LogP contribution in [0.1, 0.15) is 6.92 Å². The van der Waals surface area contributed by atoms with Crippen LogP contribution in [0.4, 0.5) is 0 Å². The van der Waals surface area contributed by atoms with Gasteiger partial charge in [0.2, 0.25) is 5.52 Å². The highest BCUT2D eigenvalue weighted by atomic mass is 31.1. The summed E-state index contributed by atoms with van der Waals surface area (Å²) in [4.78, 5) is 21.0. The van der Waals surface area contributed by atoms with E-state index >= 15 is 0 Å². The van der Waals surface area contributed by atoms with Crippen LogP contribution in [0.3, 0.4) is 0 Å². The SMILES string of the molecule is CCOCCP(O)C(=O)C[N+](C)(C)C. The quantitative estimate of drug-likeness (QED) is 0.391. The average molecular weight is 222 g/mol. The lowest BCUT2D eigenvalue weighted by molar-refractivity contribution is -0.861. The van der Waals surface area contributed by atoms with Gasteiger partial charge in [-0.15, -0.1) is 0 Å². The lowest BCUT2D eigenvalue weighted by Gasteiger charge is -2.23. The van der Waals surface area contributed by atoms with E-state index < -0.39 is 8.15 Å². The lowest BCUT2D eigenvalue weighted by atomic mass is 10.5. The molecule has 0 spiro atoms. The van der Waals surface area contributed by atoms with Crippen molar-refractivity contribution in [3.63, 3.8) is 0 Å². The Balaban J connectivity index is 3.77. The van der Waals surface area contributed by atoms with Crippen molar-refractivity contribution in [3.8, 4) is 0 Å². The lowest BCUT2D eigenvalue weighted by Crippen LogP contribution is -2.39. The molecule has 0 saturated carbocycles. The van der Waals surface area contributed by atoms with Gasteiger partial charge in [0.1, 0.15) is 14.7 Å². The zero-order chi connectivity index (χ0) is 11.2. The van der Waals surface area contributed by atoms with Gasteiger partial charge in [0.05, 0.1) is 27.7 Å². The molecule has 0 aromatic carbocycles. The smallest absolute Gasteiger partial charge is 0.235 e. The van der Waals surface area contributed by atoms with Gasteiger partial charge in [-0.2, -0.15) is 0 Å². The Kier molecular flexibility index (Phi) is 6.45. The van der Waals surface area contributed by atoms with E-state index in [1.54, 1.807) is 0 Å². The molecular weight excluding hydrogens is 201 g/mol. The highest BCUT2D eigenvalue weighted by Crippen LogP contribution is 2.30. The second-order valence-corrected chi connectivity index (χ2v) is 5.91. The second-order valence-electron chi connectivity index (χ2n) is 4.16. The van der Waals surface area contributed by atoms with E-state index in [1.165, 1.54) is 0 Å². The summed E-state index contributed by atoms with van der Waals surface area (Å²) in [5.74, 6) is 0. The van der Waals surface area contributed by atoms with Crippen LogP contribution < -0.4 is 0 Å². The third-order valence-corrected chi connectivity index (χ3v) is 2.87. The van der Waals surface area contributed by atoms with Gasteiger partial charge >= 0.3 is 0 Å². The summed E-state index contributed by atoms with van der Waals surface area (Å²) in [6.45, 7) is 3.39. The maximum absolute atomic E-state index is 11.5. The molecule has 0 aromatic rings. The van der Waals surface area contributed by atoms with Crippen molar-refractivity contribution < 1.29 is 18.9 Å². The molecule has 1 unspecified atom stereocenters. The third-order valence-electron chi connectivity index (χ3n) is 1.55. The topological polar surface area (TPSA) is 46.5 Å². The molecule has 5 heteroatoms. The second kappa shape index (κ2) is 6.46. The predicted octanol–water partition coefficient (Wildman–Crippen LogP) is 0.645. The summed E-state index contributed by atoms with van der Waals surface area (Å²) in [5.41, 5.74) is -0.0489. The first kappa shape index (κ1) is 14.0. The molecule has 0 aliphatic rings. The predicted molar refractivity (Wildman–Crippen MR) is 58.4 cm³/mol. The molecule has 84 valence electrons. The summed E-state index contributed by atoms with van der Waals surface area (Å²) >= 11 is 0. The van der Waals surface area contributed by atoms with Crippen molar-refractivity contribution in [1.82, 2.24) is 0 Å². The fourth-order valence-electron chi connectivity index (χ4n) is 0.907. The van der Waals surface area contributed by atoms with E-state index in [-0.39, 0.29) is 5.52 Å². The summed E-state index contributed by atoms with van der Waals surface area (Å²) in [5, 5.41) is 0. The molecular formula is C9H21NO3P+. The van der Waals surface area contributed by atoms with Gasteiger partial charge in [-0.05, 0) is 6.92 Å². The minimum absolute atomic E-state index is 0.0489. The number of ether oxygens (including phenoxy) is 1. The Morgan fingerprint density at radius 3 is 2.43 bits per heavy atom. The van der Waals surface area contributed by atoms with Crippen molar-refractivity contribution >= 4 is 13.7 Å². The van der Waals surface area contributed by atoms with Crippen LogP contribution in [-0.4, -0.2) is 62.0 Å². The summed E-state index contributed by atoms with van der Waals surface area (Å²) < 4.78 is 5.65. The Hall–Kier alpha value is -0.0200. The number of hydrogen-bond acceptors (Lipinski definition) is 3. The van der Waals surface area contributed by atoms with Crippen LogP contribution in [0.15, 0.2) is 0 Å². The van der Waals surface area contributed by atoms with Crippen LogP contribution in [0, 0.1) is 0 Å². The molecule has 0 fully saturated rings. The molecule has 0 rings (SSSR count). The van der Waals surface area contributed by atoms with Crippen molar-refractivity contribution in [2.24, 2.45) is 0 Å². The maximum atomic E-state index is 11.5.